The maximum Gasteiger partial charge on any atom is 0.224 e. The molecule has 1 fully saturated rings. The summed E-state index contributed by atoms with van der Waals surface area (Å²) in [5.41, 5.74) is 0.355. The van der Waals surface area contributed by atoms with Crippen LogP contribution in [0.3, 0.4) is 0 Å². The molecular weight excluding hydrogens is 198 g/mol. The number of hydrogen-bond donors (Lipinski definition) is 1. The maximum absolute atomic E-state index is 12.0. The number of amides is 1. The minimum atomic E-state index is 0.109. The molecule has 2 atom stereocenters. The molecule has 1 aliphatic heterocycles. The van der Waals surface area contributed by atoms with Gasteiger partial charge in [-0.05, 0) is 16.7 Å². The molecule has 0 radical (unpaired) electrons. The van der Waals surface area contributed by atoms with Crippen LogP contribution >= 0.6 is 0 Å². The average Bonchev–Trinajstić information content (AvgIpc) is 2.61. The van der Waals surface area contributed by atoms with E-state index in [1.165, 1.54) is 0 Å². The van der Waals surface area contributed by atoms with Crippen LogP contribution < -0.4 is 5.32 Å². The molecule has 0 aromatic carbocycles. The molecule has 0 spiro atoms. The Morgan fingerprint density at radius 1 is 1.12 bits per heavy atom. The van der Waals surface area contributed by atoms with E-state index in [9.17, 15) is 4.79 Å². The standard InChI is InChI=1S/C14H27NO/c1-7-13(3,4)10-9-15-12(16)11(10)14(5,6)8-2/h10-11H,7-9H2,1-6H3,(H,15,16). The Kier molecular flexibility index (Phi) is 3.71. The van der Waals surface area contributed by atoms with Gasteiger partial charge in [0.2, 0.25) is 5.91 Å². The summed E-state index contributed by atoms with van der Waals surface area (Å²) >= 11 is 0. The number of carbonyl (C=O) groups excluding carboxylic acids is 1. The largest absolute Gasteiger partial charge is 0.356 e. The van der Waals surface area contributed by atoms with E-state index in [1.807, 2.05) is 0 Å². The summed E-state index contributed by atoms with van der Waals surface area (Å²) in [4.78, 5) is 12.0. The first kappa shape index (κ1) is 13.5. The lowest BCUT2D eigenvalue weighted by molar-refractivity contribution is -0.127. The summed E-state index contributed by atoms with van der Waals surface area (Å²) in [6.07, 6.45) is 2.18. The van der Waals surface area contributed by atoms with Gasteiger partial charge in [0.25, 0.3) is 0 Å². The summed E-state index contributed by atoms with van der Waals surface area (Å²) in [5.74, 6) is 0.908. The van der Waals surface area contributed by atoms with Gasteiger partial charge in [-0.15, -0.1) is 0 Å². The van der Waals surface area contributed by atoms with Crippen LogP contribution in [0.2, 0.25) is 0 Å². The van der Waals surface area contributed by atoms with Crippen LogP contribution in [0.25, 0.3) is 0 Å². The van der Waals surface area contributed by atoms with Crippen LogP contribution in [0.15, 0.2) is 0 Å². The molecule has 0 saturated carbocycles. The van der Waals surface area contributed by atoms with Crippen LogP contribution in [0.4, 0.5) is 0 Å². The van der Waals surface area contributed by atoms with E-state index in [0.717, 1.165) is 19.4 Å². The zero-order valence-corrected chi connectivity index (χ0v) is 11.7. The second-order valence-corrected chi connectivity index (χ2v) is 6.51. The molecule has 1 N–H and O–H groups in total. The van der Waals surface area contributed by atoms with Gasteiger partial charge in [0.05, 0.1) is 0 Å². The summed E-state index contributed by atoms with van der Waals surface area (Å²) in [6, 6.07) is 0. The van der Waals surface area contributed by atoms with Gasteiger partial charge in [-0.2, -0.15) is 0 Å². The van der Waals surface area contributed by atoms with Crippen LogP contribution in [-0.4, -0.2) is 12.5 Å². The highest BCUT2D eigenvalue weighted by molar-refractivity contribution is 5.82. The van der Waals surface area contributed by atoms with E-state index in [0.29, 0.717) is 5.92 Å². The highest BCUT2D eigenvalue weighted by atomic mass is 16.2. The Labute approximate surface area is 100 Å². The monoisotopic (exact) mass is 225 g/mol. The Balaban J connectivity index is 2.99. The lowest BCUT2D eigenvalue weighted by Gasteiger charge is -2.40. The van der Waals surface area contributed by atoms with Crippen molar-refractivity contribution in [1.82, 2.24) is 5.32 Å². The van der Waals surface area contributed by atoms with Crippen molar-refractivity contribution < 1.29 is 4.79 Å². The van der Waals surface area contributed by atoms with E-state index >= 15 is 0 Å². The summed E-state index contributed by atoms with van der Waals surface area (Å²) in [7, 11) is 0. The van der Waals surface area contributed by atoms with E-state index < -0.39 is 0 Å². The minimum absolute atomic E-state index is 0.109. The first-order chi connectivity index (χ1) is 7.26. The Bertz CT molecular complexity index is 268. The first-order valence-electron chi connectivity index (χ1n) is 6.54. The van der Waals surface area contributed by atoms with Crippen molar-refractivity contribution in [2.45, 2.75) is 54.4 Å². The Morgan fingerprint density at radius 3 is 2.06 bits per heavy atom. The molecule has 1 heterocycles. The van der Waals surface area contributed by atoms with Crippen LogP contribution in [-0.2, 0) is 4.79 Å². The van der Waals surface area contributed by atoms with Gasteiger partial charge < -0.3 is 5.32 Å². The van der Waals surface area contributed by atoms with Crippen LogP contribution in [0.5, 0.6) is 0 Å². The molecular formula is C14H27NO. The fraction of sp³-hybridized carbons (Fsp3) is 0.929. The highest BCUT2D eigenvalue weighted by Gasteiger charge is 2.48. The third-order valence-corrected chi connectivity index (χ3v) is 4.85. The van der Waals surface area contributed by atoms with Gasteiger partial charge in [-0.1, -0.05) is 54.4 Å². The minimum Gasteiger partial charge on any atom is -0.356 e. The van der Waals surface area contributed by atoms with E-state index in [2.05, 4.69) is 46.9 Å². The molecule has 0 aliphatic carbocycles. The molecule has 0 aromatic heterocycles. The third-order valence-electron chi connectivity index (χ3n) is 4.85. The van der Waals surface area contributed by atoms with Crippen LogP contribution in [0.1, 0.15) is 54.4 Å². The molecule has 1 rings (SSSR count). The first-order valence-corrected chi connectivity index (χ1v) is 6.54. The molecule has 1 saturated heterocycles. The molecule has 94 valence electrons. The van der Waals surface area contributed by atoms with E-state index in [-0.39, 0.29) is 22.7 Å². The number of hydrogen-bond acceptors (Lipinski definition) is 1. The van der Waals surface area contributed by atoms with Crippen molar-refractivity contribution >= 4 is 5.91 Å². The zero-order chi connectivity index (χ0) is 12.6. The highest BCUT2D eigenvalue weighted by Crippen LogP contribution is 2.46. The second-order valence-electron chi connectivity index (χ2n) is 6.51. The Morgan fingerprint density at radius 2 is 1.62 bits per heavy atom. The smallest absolute Gasteiger partial charge is 0.224 e. The topological polar surface area (TPSA) is 29.1 Å². The van der Waals surface area contributed by atoms with E-state index in [4.69, 9.17) is 0 Å². The number of nitrogens with one attached hydrogen (secondary N) is 1. The van der Waals surface area contributed by atoms with Crippen molar-refractivity contribution in [3.63, 3.8) is 0 Å². The molecule has 1 aliphatic rings. The van der Waals surface area contributed by atoms with Crippen LogP contribution in [0, 0.1) is 22.7 Å². The van der Waals surface area contributed by atoms with E-state index in [1.54, 1.807) is 0 Å². The quantitative estimate of drug-likeness (QED) is 0.782. The van der Waals surface area contributed by atoms with Gasteiger partial charge in [-0.3, -0.25) is 4.79 Å². The molecule has 2 unspecified atom stereocenters. The maximum atomic E-state index is 12.0. The van der Waals surface area contributed by atoms with Crippen molar-refractivity contribution in [3.8, 4) is 0 Å². The summed E-state index contributed by atoms with van der Waals surface area (Å²) < 4.78 is 0. The van der Waals surface area contributed by atoms with Gasteiger partial charge in [0, 0.05) is 12.5 Å². The van der Waals surface area contributed by atoms with Crippen molar-refractivity contribution in [1.29, 1.82) is 0 Å². The predicted octanol–water partition coefficient (Wildman–Crippen LogP) is 3.22. The number of carbonyl (C=O) groups is 1. The second kappa shape index (κ2) is 4.38. The van der Waals surface area contributed by atoms with Crippen molar-refractivity contribution in [3.05, 3.63) is 0 Å². The summed E-state index contributed by atoms with van der Waals surface area (Å²) in [6.45, 7) is 14.3. The van der Waals surface area contributed by atoms with Crippen molar-refractivity contribution in [2.24, 2.45) is 22.7 Å². The normalized spacial score (nSPS) is 27.0. The number of rotatable bonds is 4. The van der Waals surface area contributed by atoms with Gasteiger partial charge >= 0.3 is 0 Å². The fourth-order valence-electron chi connectivity index (χ4n) is 2.73. The zero-order valence-electron chi connectivity index (χ0n) is 11.7. The Hall–Kier alpha value is -0.530. The SMILES string of the molecule is CCC(C)(C)C1CNC(=O)C1C(C)(C)CC. The molecule has 0 bridgehead atoms. The van der Waals surface area contributed by atoms with Crippen molar-refractivity contribution in [2.75, 3.05) is 6.54 Å². The molecule has 1 amide bonds. The van der Waals surface area contributed by atoms with Gasteiger partial charge in [-0.25, -0.2) is 0 Å². The molecule has 2 nitrogen and oxygen atoms in total. The van der Waals surface area contributed by atoms with Gasteiger partial charge in [0.1, 0.15) is 0 Å². The summed E-state index contributed by atoms with van der Waals surface area (Å²) in [5, 5.41) is 3.06. The molecule has 16 heavy (non-hydrogen) atoms. The average molecular weight is 225 g/mol. The van der Waals surface area contributed by atoms with Gasteiger partial charge in [0.15, 0.2) is 0 Å². The predicted molar refractivity (Wildman–Crippen MR) is 68.1 cm³/mol. The lowest BCUT2D eigenvalue weighted by Crippen LogP contribution is -2.39. The fourth-order valence-corrected chi connectivity index (χ4v) is 2.73. The molecule has 0 aromatic rings. The lowest BCUT2D eigenvalue weighted by atomic mass is 9.63. The third kappa shape index (κ3) is 2.26. The molecule has 2 heteroatoms.